The largest absolute Gasteiger partial charge is 0.346 e. The first-order valence-electron chi connectivity index (χ1n) is 7.45. The Kier molecular flexibility index (Phi) is 4.19. The summed E-state index contributed by atoms with van der Waals surface area (Å²) in [4.78, 5) is 26.0. The minimum Gasteiger partial charge on any atom is -0.346 e. The molecule has 0 fully saturated rings. The number of carbonyl (C=O) groups excluding carboxylic acids is 1. The summed E-state index contributed by atoms with van der Waals surface area (Å²) >= 11 is 0. The molecular weight excluding hydrogens is 344 g/mol. The minimum atomic E-state index is -3.90. The lowest BCUT2D eigenvalue weighted by molar-refractivity contribution is 0.102. The van der Waals surface area contributed by atoms with Crippen LogP contribution in [0.15, 0.2) is 52.4 Å². The molecule has 0 bridgehead atoms. The summed E-state index contributed by atoms with van der Waals surface area (Å²) < 4.78 is 25.4. The number of nitrogens with two attached hydrogens (primary N) is 1. The molecule has 0 unspecified atom stereocenters. The molecule has 8 nitrogen and oxygen atoms in total. The van der Waals surface area contributed by atoms with Crippen LogP contribution in [0.2, 0.25) is 0 Å². The Labute approximate surface area is 143 Å². The first kappa shape index (κ1) is 16.9. The van der Waals surface area contributed by atoms with Gasteiger partial charge in [0.15, 0.2) is 0 Å². The molecular formula is C16H16N4O4S. The van der Waals surface area contributed by atoms with Crippen molar-refractivity contribution in [2.24, 2.45) is 5.14 Å². The molecule has 0 radical (unpaired) electrons. The number of aromatic amines is 1. The number of pyridine rings is 1. The molecule has 0 aliphatic carbocycles. The average molecular weight is 360 g/mol. The third-order valence-corrected chi connectivity index (χ3v) is 4.73. The zero-order valence-corrected chi connectivity index (χ0v) is 14.1. The van der Waals surface area contributed by atoms with Crippen LogP contribution in [-0.2, 0) is 16.6 Å². The van der Waals surface area contributed by atoms with Crippen LogP contribution in [0.25, 0.3) is 10.9 Å². The highest BCUT2D eigenvalue weighted by Gasteiger charge is 2.18. The van der Waals surface area contributed by atoms with Gasteiger partial charge in [0.05, 0.1) is 0 Å². The van der Waals surface area contributed by atoms with Crippen LogP contribution in [0.4, 0.5) is 5.69 Å². The third kappa shape index (κ3) is 3.32. The molecule has 3 rings (SSSR count). The smallest absolute Gasteiger partial charge is 0.255 e. The van der Waals surface area contributed by atoms with Crippen LogP contribution in [0.1, 0.15) is 17.3 Å². The first-order chi connectivity index (χ1) is 11.8. The van der Waals surface area contributed by atoms with Crippen molar-refractivity contribution in [3.05, 3.63) is 58.6 Å². The minimum absolute atomic E-state index is 0.00314. The molecule has 9 heteroatoms. The van der Waals surface area contributed by atoms with Crippen LogP contribution in [0.5, 0.6) is 0 Å². The highest BCUT2D eigenvalue weighted by Crippen LogP contribution is 2.27. The number of aromatic nitrogens is 2. The number of sulfonamides is 1. The van der Waals surface area contributed by atoms with Gasteiger partial charge in [0.2, 0.25) is 15.6 Å². The Balaban J connectivity index is 2.04. The van der Waals surface area contributed by atoms with Gasteiger partial charge < -0.3 is 14.9 Å². The van der Waals surface area contributed by atoms with E-state index in [1.54, 1.807) is 22.8 Å². The summed E-state index contributed by atoms with van der Waals surface area (Å²) in [6.45, 7) is 2.46. The fourth-order valence-corrected chi connectivity index (χ4v) is 3.36. The topological polar surface area (TPSA) is 127 Å². The second-order valence-corrected chi connectivity index (χ2v) is 6.98. The van der Waals surface area contributed by atoms with E-state index in [9.17, 15) is 18.0 Å². The number of hydrogen-bond donors (Lipinski definition) is 3. The lowest BCUT2D eigenvalue weighted by Crippen LogP contribution is -2.15. The number of fused-ring (bicyclic) bond motifs is 1. The van der Waals surface area contributed by atoms with E-state index in [4.69, 9.17) is 5.14 Å². The van der Waals surface area contributed by atoms with E-state index >= 15 is 0 Å². The molecule has 1 aromatic carbocycles. The number of amides is 1. The van der Waals surface area contributed by atoms with Crippen molar-refractivity contribution in [2.75, 3.05) is 5.32 Å². The maximum atomic E-state index is 12.2. The number of rotatable bonds is 4. The molecule has 2 aromatic heterocycles. The third-order valence-electron chi connectivity index (χ3n) is 3.79. The van der Waals surface area contributed by atoms with E-state index in [0.29, 0.717) is 23.1 Å². The van der Waals surface area contributed by atoms with Crippen molar-refractivity contribution < 1.29 is 13.2 Å². The predicted molar refractivity (Wildman–Crippen MR) is 94.0 cm³/mol. The van der Waals surface area contributed by atoms with E-state index in [1.807, 2.05) is 6.92 Å². The maximum absolute atomic E-state index is 12.2. The van der Waals surface area contributed by atoms with Crippen LogP contribution in [-0.4, -0.2) is 23.9 Å². The summed E-state index contributed by atoms with van der Waals surface area (Å²) in [5.74, 6) is -0.475. The number of H-pyrrole nitrogens is 1. The van der Waals surface area contributed by atoms with Crippen molar-refractivity contribution in [3.63, 3.8) is 0 Å². The predicted octanol–water partition coefficient (Wildman–Crippen LogP) is 1.25. The summed E-state index contributed by atoms with van der Waals surface area (Å²) in [5, 5.41) is 8.35. The molecule has 0 aliphatic rings. The van der Waals surface area contributed by atoms with Gasteiger partial charge in [-0.3, -0.25) is 9.59 Å². The van der Waals surface area contributed by atoms with Gasteiger partial charge >= 0.3 is 0 Å². The van der Waals surface area contributed by atoms with Crippen LogP contribution in [0, 0.1) is 0 Å². The van der Waals surface area contributed by atoms with Crippen LogP contribution in [0.3, 0.4) is 0 Å². The Bertz CT molecular complexity index is 1130. The standard InChI is InChI=1S/C16H16N4O4S/c1-2-20-9-14(25(17,23)24)12-8-11(3-4-13(12)20)19-16(22)10-5-6-18-15(21)7-10/h3-9H,2H2,1H3,(H,18,21)(H,19,22)(H2,17,23,24). The molecule has 0 saturated carbocycles. The van der Waals surface area contributed by atoms with E-state index in [1.165, 1.54) is 24.5 Å². The number of hydrogen-bond acceptors (Lipinski definition) is 4. The van der Waals surface area contributed by atoms with Crippen molar-refractivity contribution in [1.29, 1.82) is 0 Å². The monoisotopic (exact) mass is 360 g/mol. The number of benzene rings is 1. The van der Waals surface area contributed by atoms with Gasteiger partial charge in [-0.1, -0.05) is 0 Å². The number of anilines is 1. The summed E-state index contributed by atoms with van der Waals surface area (Å²) in [6.07, 6.45) is 2.85. The highest BCUT2D eigenvalue weighted by atomic mass is 32.2. The van der Waals surface area contributed by atoms with E-state index < -0.39 is 15.9 Å². The van der Waals surface area contributed by atoms with Gasteiger partial charge in [0.25, 0.3) is 5.91 Å². The normalized spacial score (nSPS) is 11.6. The van der Waals surface area contributed by atoms with Crippen molar-refractivity contribution in [2.45, 2.75) is 18.4 Å². The highest BCUT2D eigenvalue weighted by molar-refractivity contribution is 7.89. The molecule has 0 atom stereocenters. The molecule has 0 aliphatic heterocycles. The molecule has 0 spiro atoms. The second-order valence-electron chi connectivity index (χ2n) is 5.45. The first-order valence-corrected chi connectivity index (χ1v) is 9.00. The van der Waals surface area contributed by atoms with Gasteiger partial charge in [0, 0.05) is 47.2 Å². The van der Waals surface area contributed by atoms with Crippen LogP contribution >= 0.6 is 0 Å². The lowest BCUT2D eigenvalue weighted by Gasteiger charge is -2.06. The molecule has 2 heterocycles. The van der Waals surface area contributed by atoms with Gasteiger partial charge in [-0.05, 0) is 31.2 Å². The van der Waals surface area contributed by atoms with Crippen LogP contribution < -0.4 is 16.0 Å². The molecule has 4 N–H and O–H groups in total. The van der Waals surface area contributed by atoms with Gasteiger partial charge in [-0.15, -0.1) is 0 Å². The van der Waals surface area contributed by atoms with E-state index in [-0.39, 0.29) is 16.0 Å². The Morgan fingerprint density at radius 3 is 2.68 bits per heavy atom. The number of carbonyl (C=O) groups is 1. The molecule has 25 heavy (non-hydrogen) atoms. The zero-order chi connectivity index (χ0) is 18.2. The van der Waals surface area contributed by atoms with E-state index in [0.717, 1.165) is 0 Å². The number of nitrogens with one attached hydrogen (secondary N) is 2. The molecule has 130 valence electrons. The lowest BCUT2D eigenvalue weighted by atomic mass is 10.2. The SMILES string of the molecule is CCn1cc(S(N)(=O)=O)c2cc(NC(=O)c3cc[nH]c(=O)c3)ccc21. The Morgan fingerprint density at radius 1 is 1.28 bits per heavy atom. The molecule has 0 saturated heterocycles. The zero-order valence-electron chi connectivity index (χ0n) is 13.3. The average Bonchev–Trinajstić information content (AvgIpc) is 2.93. The van der Waals surface area contributed by atoms with Gasteiger partial charge in [-0.25, -0.2) is 13.6 Å². The van der Waals surface area contributed by atoms with Crippen molar-refractivity contribution >= 4 is 32.5 Å². The van der Waals surface area contributed by atoms with E-state index in [2.05, 4.69) is 10.3 Å². The summed E-state index contributed by atoms with van der Waals surface area (Å²) in [6, 6.07) is 7.56. The summed E-state index contributed by atoms with van der Waals surface area (Å²) in [5.41, 5.74) is 0.901. The number of nitrogens with zero attached hydrogens (tertiary/aromatic N) is 1. The van der Waals surface area contributed by atoms with Crippen molar-refractivity contribution in [3.8, 4) is 0 Å². The summed E-state index contributed by atoms with van der Waals surface area (Å²) in [7, 11) is -3.90. The Morgan fingerprint density at radius 2 is 2.04 bits per heavy atom. The fourth-order valence-electron chi connectivity index (χ4n) is 2.62. The quantitative estimate of drug-likeness (QED) is 0.647. The fraction of sp³-hybridized carbons (Fsp3) is 0.125. The Hall–Kier alpha value is -2.91. The van der Waals surface area contributed by atoms with Crippen molar-refractivity contribution in [1.82, 2.24) is 9.55 Å². The molecule has 1 amide bonds. The van der Waals surface area contributed by atoms with Gasteiger partial charge in [-0.2, -0.15) is 0 Å². The maximum Gasteiger partial charge on any atom is 0.255 e. The molecule has 3 aromatic rings. The van der Waals surface area contributed by atoms with Gasteiger partial charge in [0.1, 0.15) is 4.90 Å². The number of primary sulfonamides is 1. The number of aryl methyl sites for hydroxylation is 1. The second kappa shape index (κ2) is 6.19.